The summed E-state index contributed by atoms with van der Waals surface area (Å²) < 4.78 is 13.8. The molecule has 0 radical (unpaired) electrons. The highest BCUT2D eigenvalue weighted by molar-refractivity contribution is 5.49. The molecule has 0 spiro atoms. The Morgan fingerprint density at radius 3 is 2.90 bits per heavy atom. The van der Waals surface area contributed by atoms with Gasteiger partial charge in [0.1, 0.15) is 5.82 Å². The summed E-state index contributed by atoms with van der Waals surface area (Å²) in [5.74, 6) is -0.147. The molecule has 0 bridgehead atoms. The molecule has 4 heteroatoms. The molecule has 1 aliphatic rings. The van der Waals surface area contributed by atoms with Crippen molar-refractivity contribution in [1.29, 1.82) is 0 Å². The average molecular weight is 279 g/mol. The quantitative estimate of drug-likeness (QED) is 0.893. The maximum atomic E-state index is 13.8. The van der Waals surface area contributed by atoms with Crippen LogP contribution in [0.1, 0.15) is 25.3 Å². The van der Waals surface area contributed by atoms with Crippen LogP contribution in [0.4, 0.5) is 10.1 Å². The molecule has 2 rings (SSSR count). The number of rotatable bonds is 5. The molecule has 0 amide bonds. The lowest BCUT2D eigenvalue weighted by molar-refractivity contribution is 0.248. The molecule has 112 valence electrons. The Bertz CT molecular complexity index is 436. The maximum absolute atomic E-state index is 13.8. The number of likely N-dealkylation sites (tertiary alicyclic amines) is 1. The third-order valence-corrected chi connectivity index (χ3v) is 4.08. The van der Waals surface area contributed by atoms with Crippen LogP contribution in [0.5, 0.6) is 0 Å². The molecule has 1 fully saturated rings. The Hall–Kier alpha value is -1.13. The summed E-state index contributed by atoms with van der Waals surface area (Å²) in [5, 5.41) is 3.25. The second-order valence-electron chi connectivity index (χ2n) is 5.77. The van der Waals surface area contributed by atoms with Crippen LogP contribution >= 0.6 is 0 Å². The highest BCUT2D eigenvalue weighted by Gasteiger charge is 2.21. The maximum Gasteiger partial charge on any atom is 0.125 e. The number of halogens is 1. The fourth-order valence-electron chi connectivity index (χ4n) is 2.87. The lowest BCUT2D eigenvalue weighted by Crippen LogP contribution is -2.45. The lowest BCUT2D eigenvalue weighted by atomic mass is 10.0. The molecule has 20 heavy (non-hydrogen) atoms. The molecule has 0 saturated carbocycles. The number of piperidine rings is 1. The number of likely N-dealkylation sites (N-methyl/N-ethyl adjacent to an activating group) is 2. The molecule has 1 aliphatic heterocycles. The van der Waals surface area contributed by atoms with Gasteiger partial charge in [0.2, 0.25) is 0 Å². The standard InChI is InChI=1S/C16H26FN3/c1-4-18-11-13-8-14(17)10-16(9-13)20(3)15-6-5-7-19(2)12-15/h8-10,15,18H,4-7,11-12H2,1-3H3. The van der Waals surface area contributed by atoms with Gasteiger partial charge in [-0.25, -0.2) is 4.39 Å². The summed E-state index contributed by atoms with van der Waals surface area (Å²) >= 11 is 0. The van der Waals surface area contributed by atoms with E-state index in [2.05, 4.69) is 42.2 Å². The zero-order chi connectivity index (χ0) is 14.5. The zero-order valence-corrected chi connectivity index (χ0v) is 12.8. The van der Waals surface area contributed by atoms with Gasteiger partial charge in [0.25, 0.3) is 0 Å². The van der Waals surface area contributed by atoms with Crippen LogP contribution in [0.15, 0.2) is 18.2 Å². The van der Waals surface area contributed by atoms with Gasteiger partial charge in [-0.05, 0) is 56.7 Å². The molecule has 1 N–H and O–H groups in total. The van der Waals surface area contributed by atoms with Crippen molar-refractivity contribution in [3.63, 3.8) is 0 Å². The van der Waals surface area contributed by atoms with Crippen LogP contribution in [0.2, 0.25) is 0 Å². The molecule has 1 atom stereocenters. The predicted octanol–water partition coefficient (Wildman–Crippen LogP) is 2.47. The van der Waals surface area contributed by atoms with Gasteiger partial charge >= 0.3 is 0 Å². The van der Waals surface area contributed by atoms with Crippen molar-refractivity contribution < 1.29 is 4.39 Å². The highest BCUT2D eigenvalue weighted by Crippen LogP contribution is 2.23. The monoisotopic (exact) mass is 279 g/mol. The molecule has 1 saturated heterocycles. The van der Waals surface area contributed by atoms with Gasteiger partial charge < -0.3 is 15.1 Å². The number of anilines is 1. The molecule has 1 aromatic rings. The molecule has 3 nitrogen and oxygen atoms in total. The first-order chi connectivity index (χ1) is 9.60. The Kier molecular flexibility index (Phi) is 5.38. The van der Waals surface area contributed by atoms with Crippen LogP contribution in [0.3, 0.4) is 0 Å². The number of nitrogens with one attached hydrogen (secondary N) is 1. The molecular weight excluding hydrogens is 253 g/mol. The molecule has 1 heterocycles. The van der Waals surface area contributed by atoms with Crippen molar-refractivity contribution in [1.82, 2.24) is 10.2 Å². The lowest BCUT2D eigenvalue weighted by Gasteiger charge is -2.37. The summed E-state index contributed by atoms with van der Waals surface area (Å²) in [4.78, 5) is 4.58. The van der Waals surface area contributed by atoms with Crippen LogP contribution in [-0.2, 0) is 6.54 Å². The first kappa shape index (κ1) is 15.3. The van der Waals surface area contributed by atoms with Crippen LogP contribution < -0.4 is 10.2 Å². The Balaban J connectivity index is 2.11. The Morgan fingerprint density at radius 2 is 2.20 bits per heavy atom. The average Bonchev–Trinajstić information content (AvgIpc) is 2.43. The van der Waals surface area contributed by atoms with E-state index in [1.54, 1.807) is 12.1 Å². The molecule has 0 aromatic heterocycles. The number of nitrogens with zero attached hydrogens (tertiary/aromatic N) is 2. The number of benzene rings is 1. The normalized spacial score (nSPS) is 20.1. The first-order valence-corrected chi connectivity index (χ1v) is 7.51. The van der Waals surface area contributed by atoms with Crippen LogP contribution in [0, 0.1) is 5.82 Å². The topological polar surface area (TPSA) is 18.5 Å². The predicted molar refractivity (Wildman–Crippen MR) is 82.7 cm³/mol. The van der Waals surface area contributed by atoms with E-state index in [1.165, 1.54) is 19.4 Å². The fourth-order valence-corrected chi connectivity index (χ4v) is 2.87. The van der Waals surface area contributed by atoms with E-state index in [-0.39, 0.29) is 5.82 Å². The zero-order valence-electron chi connectivity index (χ0n) is 12.8. The summed E-state index contributed by atoms with van der Waals surface area (Å²) in [7, 11) is 4.23. The minimum atomic E-state index is -0.147. The summed E-state index contributed by atoms with van der Waals surface area (Å²) in [6, 6.07) is 5.83. The van der Waals surface area contributed by atoms with Gasteiger partial charge in [0.05, 0.1) is 0 Å². The molecule has 1 aromatic carbocycles. The number of hydrogen-bond donors (Lipinski definition) is 1. The van der Waals surface area contributed by atoms with Crippen molar-refractivity contribution in [3.8, 4) is 0 Å². The van der Waals surface area contributed by atoms with Crippen LogP contribution in [0.25, 0.3) is 0 Å². The molecular formula is C16H26FN3. The van der Waals surface area contributed by atoms with Crippen molar-refractivity contribution in [2.24, 2.45) is 0 Å². The first-order valence-electron chi connectivity index (χ1n) is 7.51. The van der Waals surface area contributed by atoms with E-state index < -0.39 is 0 Å². The van der Waals surface area contributed by atoms with E-state index in [9.17, 15) is 4.39 Å². The largest absolute Gasteiger partial charge is 0.370 e. The van der Waals surface area contributed by atoms with E-state index in [1.807, 2.05) is 0 Å². The summed E-state index contributed by atoms with van der Waals surface area (Å²) in [6.07, 6.45) is 2.39. The SMILES string of the molecule is CCNCc1cc(F)cc(N(C)C2CCCN(C)C2)c1. The van der Waals surface area contributed by atoms with E-state index in [0.717, 1.165) is 30.9 Å². The summed E-state index contributed by atoms with van der Waals surface area (Å²) in [6.45, 7) is 5.90. The fraction of sp³-hybridized carbons (Fsp3) is 0.625. The van der Waals surface area contributed by atoms with Crippen molar-refractivity contribution in [2.75, 3.05) is 38.6 Å². The highest BCUT2D eigenvalue weighted by atomic mass is 19.1. The van der Waals surface area contributed by atoms with Gasteiger partial charge in [-0.1, -0.05) is 6.92 Å². The van der Waals surface area contributed by atoms with Crippen molar-refractivity contribution in [2.45, 2.75) is 32.4 Å². The van der Waals surface area contributed by atoms with Crippen molar-refractivity contribution in [3.05, 3.63) is 29.6 Å². The van der Waals surface area contributed by atoms with Gasteiger partial charge in [-0.15, -0.1) is 0 Å². The second-order valence-corrected chi connectivity index (χ2v) is 5.77. The molecule has 1 unspecified atom stereocenters. The molecule has 0 aliphatic carbocycles. The van der Waals surface area contributed by atoms with Gasteiger partial charge in [-0.2, -0.15) is 0 Å². The third-order valence-electron chi connectivity index (χ3n) is 4.08. The van der Waals surface area contributed by atoms with Gasteiger partial charge in [0.15, 0.2) is 0 Å². The van der Waals surface area contributed by atoms with E-state index in [4.69, 9.17) is 0 Å². The smallest absolute Gasteiger partial charge is 0.125 e. The Labute approximate surface area is 121 Å². The van der Waals surface area contributed by atoms with Gasteiger partial charge in [-0.3, -0.25) is 0 Å². The van der Waals surface area contributed by atoms with Crippen LogP contribution in [-0.4, -0.2) is 44.7 Å². The van der Waals surface area contributed by atoms with Crippen molar-refractivity contribution >= 4 is 5.69 Å². The minimum absolute atomic E-state index is 0.147. The Morgan fingerprint density at radius 1 is 1.40 bits per heavy atom. The minimum Gasteiger partial charge on any atom is -0.370 e. The number of hydrogen-bond acceptors (Lipinski definition) is 3. The van der Waals surface area contributed by atoms with E-state index in [0.29, 0.717) is 6.04 Å². The van der Waals surface area contributed by atoms with Gasteiger partial charge in [0, 0.05) is 31.9 Å². The second kappa shape index (κ2) is 7.04. The third kappa shape index (κ3) is 3.93. The summed E-state index contributed by atoms with van der Waals surface area (Å²) in [5.41, 5.74) is 2.00. The van der Waals surface area contributed by atoms with E-state index >= 15 is 0 Å².